The minimum Gasteiger partial charge on any atom is -0.463 e. The fourth-order valence-corrected chi connectivity index (χ4v) is 3.76. The van der Waals surface area contributed by atoms with E-state index in [2.05, 4.69) is 24.3 Å². The fourth-order valence-electron chi connectivity index (χ4n) is 3.63. The molecule has 0 saturated heterocycles. The Morgan fingerprint density at radius 3 is 2.59 bits per heavy atom. The van der Waals surface area contributed by atoms with E-state index in [0.29, 0.717) is 22.8 Å². The van der Waals surface area contributed by atoms with Gasteiger partial charge in [0.1, 0.15) is 5.69 Å². The highest BCUT2D eigenvalue weighted by molar-refractivity contribution is 6.30. The first-order valence-electron chi connectivity index (χ1n) is 9.53. The molecule has 0 aliphatic carbocycles. The lowest BCUT2D eigenvalue weighted by molar-refractivity contribution is 0.101. The molecule has 4 aromatic rings. The van der Waals surface area contributed by atoms with Crippen LogP contribution in [-0.4, -0.2) is 20.3 Å². The first-order valence-corrected chi connectivity index (χ1v) is 9.91. The number of rotatable bonds is 5. The van der Waals surface area contributed by atoms with Gasteiger partial charge in [0.2, 0.25) is 0 Å². The van der Waals surface area contributed by atoms with Crippen molar-refractivity contribution in [2.45, 2.75) is 40.3 Å². The Labute approximate surface area is 174 Å². The van der Waals surface area contributed by atoms with E-state index in [-0.39, 0.29) is 11.9 Å². The quantitative estimate of drug-likeness (QED) is 0.467. The number of nitrogens with zero attached hydrogens (tertiary/aromatic N) is 3. The van der Waals surface area contributed by atoms with Crippen molar-refractivity contribution in [1.82, 2.24) is 14.3 Å². The van der Waals surface area contributed by atoms with Gasteiger partial charge >= 0.3 is 0 Å². The van der Waals surface area contributed by atoms with Crippen LogP contribution in [0.3, 0.4) is 0 Å². The number of hydrogen-bond acceptors (Lipinski definition) is 3. The minimum absolute atomic E-state index is 0.195. The van der Waals surface area contributed by atoms with Crippen LogP contribution in [0.5, 0.6) is 0 Å². The monoisotopic (exact) mass is 410 g/mol. The summed E-state index contributed by atoms with van der Waals surface area (Å²) in [6.07, 6.45) is 1.63. The predicted molar refractivity (Wildman–Crippen MR) is 115 cm³/mol. The van der Waals surface area contributed by atoms with Crippen molar-refractivity contribution in [1.29, 1.82) is 0 Å². The SMILES string of the molecule is Cc1nn(C(C)C)c(C)c1NC(=O)c1cc2occc2n1Cc1ccc(Cl)cc1. The molecule has 1 N–H and O–H groups in total. The summed E-state index contributed by atoms with van der Waals surface area (Å²) in [4.78, 5) is 13.2. The van der Waals surface area contributed by atoms with Gasteiger partial charge in [-0.2, -0.15) is 5.10 Å². The Hall–Kier alpha value is -2.99. The molecule has 3 heterocycles. The Kier molecular flexibility index (Phi) is 4.96. The second kappa shape index (κ2) is 7.44. The molecule has 7 heteroatoms. The Bertz CT molecular complexity index is 1180. The smallest absolute Gasteiger partial charge is 0.272 e. The maximum absolute atomic E-state index is 13.2. The molecule has 0 aliphatic heterocycles. The number of anilines is 1. The zero-order valence-electron chi connectivity index (χ0n) is 16.9. The van der Waals surface area contributed by atoms with Crippen LogP contribution >= 0.6 is 11.6 Å². The molecule has 0 spiro atoms. The zero-order chi connectivity index (χ0) is 20.7. The lowest BCUT2D eigenvalue weighted by atomic mass is 10.2. The van der Waals surface area contributed by atoms with E-state index in [4.69, 9.17) is 16.0 Å². The maximum Gasteiger partial charge on any atom is 0.272 e. The number of aryl methyl sites for hydroxylation is 1. The van der Waals surface area contributed by atoms with Gasteiger partial charge in [0.25, 0.3) is 5.91 Å². The summed E-state index contributed by atoms with van der Waals surface area (Å²) in [6, 6.07) is 11.5. The zero-order valence-corrected chi connectivity index (χ0v) is 17.6. The van der Waals surface area contributed by atoms with E-state index in [1.165, 1.54) is 0 Å². The molecule has 0 saturated carbocycles. The molecule has 0 bridgehead atoms. The number of amides is 1. The van der Waals surface area contributed by atoms with Crippen LogP contribution < -0.4 is 5.32 Å². The van der Waals surface area contributed by atoms with Gasteiger partial charge in [0, 0.05) is 29.7 Å². The van der Waals surface area contributed by atoms with Crippen LogP contribution in [0.25, 0.3) is 11.1 Å². The van der Waals surface area contributed by atoms with Gasteiger partial charge in [-0.05, 0) is 45.4 Å². The summed E-state index contributed by atoms with van der Waals surface area (Å²) in [5.74, 6) is -0.195. The highest BCUT2D eigenvalue weighted by Gasteiger charge is 2.21. The van der Waals surface area contributed by atoms with Crippen molar-refractivity contribution in [3.05, 3.63) is 70.3 Å². The average molecular weight is 411 g/mol. The van der Waals surface area contributed by atoms with Crippen LogP contribution in [0.2, 0.25) is 5.02 Å². The summed E-state index contributed by atoms with van der Waals surface area (Å²) in [5, 5.41) is 8.28. The number of carbonyl (C=O) groups excluding carboxylic acids is 1. The summed E-state index contributed by atoms with van der Waals surface area (Å²) in [6.45, 7) is 8.54. The topological polar surface area (TPSA) is 65.0 Å². The number of furan rings is 1. The van der Waals surface area contributed by atoms with E-state index in [0.717, 1.165) is 28.2 Å². The molecule has 150 valence electrons. The highest BCUT2D eigenvalue weighted by Crippen LogP contribution is 2.26. The molecule has 0 fully saturated rings. The van der Waals surface area contributed by atoms with Crippen molar-refractivity contribution in [3.63, 3.8) is 0 Å². The molecule has 1 aromatic carbocycles. The number of hydrogen-bond donors (Lipinski definition) is 1. The molecule has 4 rings (SSSR count). The molecule has 1 amide bonds. The van der Waals surface area contributed by atoms with Gasteiger partial charge in [0.15, 0.2) is 5.58 Å². The van der Waals surface area contributed by atoms with Crippen LogP contribution in [0.15, 0.2) is 47.1 Å². The standard InChI is InChI=1S/C22H23ClN4O2/c1-13(2)27-15(4)21(14(3)25-27)24-22(28)19-11-20-18(9-10-29-20)26(19)12-16-5-7-17(23)8-6-16/h5-11,13H,12H2,1-4H3,(H,24,28). The van der Waals surface area contributed by atoms with Gasteiger partial charge in [-0.3, -0.25) is 9.48 Å². The molecule has 29 heavy (non-hydrogen) atoms. The summed E-state index contributed by atoms with van der Waals surface area (Å²) < 4.78 is 9.41. The molecule has 0 radical (unpaired) electrons. The Morgan fingerprint density at radius 2 is 1.93 bits per heavy atom. The van der Waals surface area contributed by atoms with E-state index in [1.54, 1.807) is 12.3 Å². The fraction of sp³-hybridized carbons (Fsp3) is 0.273. The molecular weight excluding hydrogens is 388 g/mol. The predicted octanol–water partition coefficient (Wildman–Crippen LogP) is 5.58. The van der Waals surface area contributed by atoms with Crippen molar-refractivity contribution >= 4 is 34.3 Å². The van der Waals surface area contributed by atoms with Crippen molar-refractivity contribution in [3.8, 4) is 0 Å². The van der Waals surface area contributed by atoms with Gasteiger partial charge in [-0.15, -0.1) is 0 Å². The van der Waals surface area contributed by atoms with Gasteiger partial charge in [0.05, 0.1) is 28.9 Å². The molecule has 3 aromatic heterocycles. The number of aromatic nitrogens is 3. The Morgan fingerprint density at radius 1 is 1.21 bits per heavy atom. The van der Waals surface area contributed by atoms with Crippen molar-refractivity contribution in [2.75, 3.05) is 5.32 Å². The molecule has 6 nitrogen and oxygen atoms in total. The summed E-state index contributed by atoms with van der Waals surface area (Å²) >= 11 is 6.00. The number of nitrogens with one attached hydrogen (secondary N) is 1. The van der Waals surface area contributed by atoms with E-state index >= 15 is 0 Å². The highest BCUT2D eigenvalue weighted by atomic mass is 35.5. The number of carbonyl (C=O) groups is 1. The lowest BCUT2D eigenvalue weighted by Crippen LogP contribution is -2.18. The van der Waals surface area contributed by atoms with Gasteiger partial charge in [-0.25, -0.2) is 0 Å². The number of halogens is 1. The summed E-state index contributed by atoms with van der Waals surface area (Å²) in [5.41, 5.74) is 5.60. The number of benzene rings is 1. The van der Waals surface area contributed by atoms with Crippen molar-refractivity contribution in [2.24, 2.45) is 0 Å². The van der Waals surface area contributed by atoms with E-state index in [1.807, 2.05) is 53.4 Å². The summed E-state index contributed by atoms with van der Waals surface area (Å²) in [7, 11) is 0. The molecular formula is C22H23ClN4O2. The molecule has 0 aliphatic rings. The maximum atomic E-state index is 13.2. The van der Waals surface area contributed by atoms with Crippen LogP contribution in [0.1, 0.15) is 47.3 Å². The van der Waals surface area contributed by atoms with E-state index < -0.39 is 0 Å². The third-order valence-electron chi connectivity index (χ3n) is 5.06. The van der Waals surface area contributed by atoms with E-state index in [9.17, 15) is 4.79 Å². The van der Waals surface area contributed by atoms with Crippen LogP contribution in [-0.2, 0) is 6.54 Å². The second-order valence-corrected chi connectivity index (χ2v) is 7.89. The minimum atomic E-state index is -0.195. The molecule has 0 unspecified atom stereocenters. The van der Waals surface area contributed by atoms with Gasteiger partial charge in [-0.1, -0.05) is 23.7 Å². The third kappa shape index (κ3) is 3.56. The average Bonchev–Trinajstić information content (AvgIpc) is 3.34. The number of fused-ring (bicyclic) bond motifs is 1. The van der Waals surface area contributed by atoms with Crippen LogP contribution in [0.4, 0.5) is 5.69 Å². The lowest BCUT2D eigenvalue weighted by Gasteiger charge is -2.12. The Balaban J connectivity index is 1.70. The molecule has 0 atom stereocenters. The van der Waals surface area contributed by atoms with Gasteiger partial charge < -0.3 is 14.3 Å². The first kappa shape index (κ1) is 19.3. The third-order valence-corrected chi connectivity index (χ3v) is 5.31. The normalized spacial score (nSPS) is 11.5. The van der Waals surface area contributed by atoms with Crippen LogP contribution in [0, 0.1) is 13.8 Å². The largest absolute Gasteiger partial charge is 0.463 e. The van der Waals surface area contributed by atoms with Crippen molar-refractivity contribution < 1.29 is 9.21 Å². The first-order chi connectivity index (χ1) is 13.8. The second-order valence-electron chi connectivity index (χ2n) is 7.45.